The zero-order valence-corrected chi connectivity index (χ0v) is 13.6. The molecule has 7 heteroatoms. The van der Waals surface area contributed by atoms with Crippen molar-refractivity contribution in [3.63, 3.8) is 0 Å². The van der Waals surface area contributed by atoms with Gasteiger partial charge in [0.2, 0.25) is 5.91 Å². The number of amides is 1. The van der Waals surface area contributed by atoms with Crippen LogP contribution in [-0.4, -0.2) is 12.5 Å². The van der Waals surface area contributed by atoms with Gasteiger partial charge in [0, 0.05) is 6.54 Å². The lowest BCUT2D eigenvalue weighted by Crippen LogP contribution is -2.28. The van der Waals surface area contributed by atoms with Gasteiger partial charge in [-0.3, -0.25) is 4.79 Å². The molecule has 2 aromatic rings. The van der Waals surface area contributed by atoms with E-state index in [9.17, 15) is 18.0 Å². The molecule has 2 rings (SSSR count). The highest BCUT2D eigenvalue weighted by molar-refractivity contribution is 6.33. The van der Waals surface area contributed by atoms with Gasteiger partial charge < -0.3 is 10.6 Å². The number of hydrogen-bond donors (Lipinski definition) is 2. The van der Waals surface area contributed by atoms with Crippen LogP contribution < -0.4 is 10.6 Å². The zero-order valence-electron chi connectivity index (χ0n) is 12.9. The van der Waals surface area contributed by atoms with Crippen molar-refractivity contribution in [3.05, 3.63) is 64.2 Å². The highest BCUT2D eigenvalue weighted by Gasteiger charge is 2.31. The number of benzene rings is 2. The molecule has 0 heterocycles. The van der Waals surface area contributed by atoms with Crippen molar-refractivity contribution in [2.45, 2.75) is 19.6 Å². The Morgan fingerprint density at radius 3 is 2.54 bits per heavy atom. The first-order valence-corrected chi connectivity index (χ1v) is 7.57. The number of halogens is 4. The van der Waals surface area contributed by atoms with E-state index in [1.807, 2.05) is 31.2 Å². The molecular formula is C17H16ClF3N2O. The van der Waals surface area contributed by atoms with Gasteiger partial charge in [-0.15, -0.1) is 0 Å². The molecule has 0 aliphatic heterocycles. The lowest BCUT2D eigenvalue weighted by molar-refractivity contribution is -0.137. The number of anilines is 1. The summed E-state index contributed by atoms with van der Waals surface area (Å²) in [5.74, 6) is -0.468. The third kappa shape index (κ3) is 4.97. The maximum absolute atomic E-state index is 12.7. The van der Waals surface area contributed by atoms with E-state index in [-0.39, 0.29) is 17.3 Å². The third-order valence-corrected chi connectivity index (χ3v) is 3.76. The largest absolute Gasteiger partial charge is 0.416 e. The Bertz CT molecular complexity index is 732. The monoisotopic (exact) mass is 356 g/mol. The summed E-state index contributed by atoms with van der Waals surface area (Å²) in [6, 6.07) is 10.5. The summed E-state index contributed by atoms with van der Waals surface area (Å²) in [5, 5.41) is 5.39. The Morgan fingerprint density at radius 1 is 1.17 bits per heavy atom. The summed E-state index contributed by atoms with van der Waals surface area (Å²) < 4.78 is 38.1. The number of nitrogens with one attached hydrogen (secondary N) is 2. The Morgan fingerprint density at radius 2 is 1.88 bits per heavy atom. The molecule has 24 heavy (non-hydrogen) atoms. The smallest absolute Gasteiger partial charge is 0.324 e. The Kier molecular flexibility index (Phi) is 5.85. The first-order valence-electron chi connectivity index (χ1n) is 7.19. The van der Waals surface area contributed by atoms with Crippen molar-refractivity contribution in [1.29, 1.82) is 0 Å². The highest BCUT2D eigenvalue weighted by atomic mass is 35.5. The lowest BCUT2D eigenvalue weighted by Gasteiger charge is -2.12. The third-order valence-electron chi connectivity index (χ3n) is 3.43. The first kappa shape index (κ1) is 18.3. The number of carbonyl (C=O) groups excluding carboxylic acids is 1. The van der Waals surface area contributed by atoms with Gasteiger partial charge in [0.15, 0.2) is 0 Å². The second-order valence-corrected chi connectivity index (χ2v) is 5.68. The number of aryl methyl sites for hydroxylation is 1. The quantitative estimate of drug-likeness (QED) is 0.834. The highest BCUT2D eigenvalue weighted by Crippen LogP contribution is 2.33. The molecule has 0 aromatic heterocycles. The van der Waals surface area contributed by atoms with Gasteiger partial charge in [-0.2, -0.15) is 13.2 Å². The molecule has 2 N–H and O–H groups in total. The van der Waals surface area contributed by atoms with Crippen LogP contribution >= 0.6 is 11.6 Å². The maximum Gasteiger partial charge on any atom is 0.416 e. The van der Waals surface area contributed by atoms with Crippen molar-refractivity contribution in [1.82, 2.24) is 5.32 Å². The van der Waals surface area contributed by atoms with E-state index in [1.54, 1.807) is 0 Å². The van der Waals surface area contributed by atoms with Gasteiger partial charge in [-0.1, -0.05) is 35.9 Å². The molecule has 0 unspecified atom stereocenters. The first-order chi connectivity index (χ1) is 11.3. The normalized spacial score (nSPS) is 11.4. The standard InChI is InChI=1S/C17H16ClF3N2O/c1-11-4-2-3-5-12(11)9-22-10-16(24)23-15-8-13(17(19,20)21)6-7-14(15)18/h2-8,22H,9-10H2,1H3,(H,23,24). The molecule has 0 aliphatic carbocycles. The van der Waals surface area contributed by atoms with Crippen molar-refractivity contribution in [2.24, 2.45) is 0 Å². The minimum Gasteiger partial charge on any atom is -0.324 e. The topological polar surface area (TPSA) is 41.1 Å². The van der Waals surface area contributed by atoms with Gasteiger partial charge in [0.25, 0.3) is 0 Å². The Balaban J connectivity index is 1.94. The van der Waals surface area contributed by atoms with E-state index in [0.29, 0.717) is 6.54 Å². The van der Waals surface area contributed by atoms with Crippen LogP contribution in [0.5, 0.6) is 0 Å². The van der Waals surface area contributed by atoms with Gasteiger partial charge in [0.1, 0.15) is 0 Å². The van der Waals surface area contributed by atoms with E-state index in [0.717, 1.165) is 29.3 Å². The Hall–Kier alpha value is -2.05. The molecule has 0 spiro atoms. The van der Waals surface area contributed by atoms with Gasteiger partial charge in [0.05, 0.1) is 22.8 Å². The Labute approximate surface area is 142 Å². The van der Waals surface area contributed by atoms with Crippen molar-refractivity contribution in [2.75, 3.05) is 11.9 Å². The fourth-order valence-electron chi connectivity index (χ4n) is 2.11. The molecule has 3 nitrogen and oxygen atoms in total. The summed E-state index contributed by atoms with van der Waals surface area (Å²) in [7, 11) is 0. The molecule has 128 valence electrons. The molecule has 2 aromatic carbocycles. The minimum atomic E-state index is -4.49. The van der Waals surface area contributed by atoms with Crippen LogP contribution in [0.15, 0.2) is 42.5 Å². The molecule has 0 saturated carbocycles. The molecule has 0 radical (unpaired) electrons. The molecular weight excluding hydrogens is 341 g/mol. The number of hydrogen-bond acceptors (Lipinski definition) is 2. The molecule has 0 fully saturated rings. The minimum absolute atomic E-state index is 0.0408. The van der Waals surface area contributed by atoms with Crippen molar-refractivity contribution < 1.29 is 18.0 Å². The summed E-state index contributed by atoms with van der Waals surface area (Å²) in [6.07, 6.45) is -4.49. The average Bonchev–Trinajstić information content (AvgIpc) is 2.50. The SMILES string of the molecule is Cc1ccccc1CNCC(=O)Nc1cc(C(F)(F)F)ccc1Cl. The second kappa shape index (κ2) is 7.68. The van der Waals surface area contributed by atoms with Gasteiger partial charge in [-0.05, 0) is 36.2 Å². The van der Waals surface area contributed by atoms with Crippen LogP contribution in [0.25, 0.3) is 0 Å². The van der Waals surface area contributed by atoms with Crippen LogP contribution in [-0.2, 0) is 17.5 Å². The molecule has 0 bridgehead atoms. The molecule has 0 aliphatic rings. The van der Waals surface area contributed by atoms with Gasteiger partial charge in [-0.25, -0.2) is 0 Å². The summed E-state index contributed by atoms with van der Waals surface area (Å²) in [6.45, 7) is 2.40. The second-order valence-electron chi connectivity index (χ2n) is 5.27. The van der Waals surface area contributed by atoms with E-state index >= 15 is 0 Å². The number of alkyl halides is 3. The summed E-state index contributed by atoms with van der Waals surface area (Å²) in [5.41, 5.74) is 1.21. The van der Waals surface area contributed by atoms with E-state index < -0.39 is 17.6 Å². The van der Waals surface area contributed by atoms with E-state index in [2.05, 4.69) is 10.6 Å². The molecule has 0 atom stereocenters. The molecule has 0 saturated heterocycles. The zero-order chi connectivity index (χ0) is 17.7. The van der Waals surface area contributed by atoms with Crippen molar-refractivity contribution in [3.8, 4) is 0 Å². The number of carbonyl (C=O) groups is 1. The summed E-state index contributed by atoms with van der Waals surface area (Å²) >= 11 is 5.84. The van der Waals surface area contributed by atoms with Crippen LogP contribution in [0.1, 0.15) is 16.7 Å². The van der Waals surface area contributed by atoms with Crippen LogP contribution in [0.4, 0.5) is 18.9 Å². The van der Waals surface area contributed by atoms with E-state index in [4.69, 9.17) is 11.6 Å². The van der Waals surface area contributed by atoms with Crippen LogP contribution in [0.3, 0.4) is 0 Å². The fraction of sp³-hybridized carbons (Fsp3) is 0.235. The fourth-order valence-corrected chi connectivity index (χ4v) is 2.28. The summed E-state index contributed by atoms with van der Waals surface area (Å²) in [4.78, 5) is 11.9. The predicted octanol–water partition coefficient (Wildman–Crippen LogP) is 4.40. The average molecular weight is 357 g/mol. The maximum atomic E-state index is 12.7. The number of rotatable bonds is 5. The van der Waals surface area contributed by atoms with Crippen molar-refractivity contribution >= 4 is 23.2 Å². The lowest BCUT2D eigenvalue weighted by atomic mass is 10.1. The van der Waals surface area contributed by atoms with Crippen LogP contribution in [0.2, 0.25) is 5.02 Å². The van der Waals surface area contributed by atoms with Gasteiger partial charge >= 0.3 is 6.18 Å². The van der Waals surface area contributed by atoms with Crippen LogP contribution in [0, 0.1) is 6.92 Å². The van der Waals surface area contributed by atoms with E-state index in [1.165, 1.54) is 0 Å². The predicted molar refractivity (Wildman–Crippen MR) is 88.0 cm³/mol. The molecule has 1 amide bonds.